The van der Waals surface area contributed by atoms with E-state index in [4.69, 9.17) is 16.2 Å². The van der Waals surface area contributed by atoms with E-state index in [2.05, 4.69) is 101 Å². The Kier molecular flexibility index (Phi) is 15.4. The zero-order valence-corrected chi connectivity index (χ0v) is 25.4. The van der Waals surface area contributed by atoms with Crippen LogP contribution in [0.25, 0.3) is 11.4 Å². The Morgan fingerprint density at radius 3 is 2.00 bits per heavy atom. The van der Waals surface area contributed by atoms with Crippen molar-refractivity contribution in [1.29, 1.82) is 0 Å². The van der Waals surface area contributed by atoms with E-state index in [9.17, 15) is 0 Å². The maximum absolute atomic E-state index is 6.83. The van der Waals surface area contributed by atoms with E-state index in [1.54, 1.807) is 0 Å². The number of nitrogens with two attached hydrogens (primary N) is 1. The number of anilines is 1. The van der Waals surface area contributed by atoms with Crippen molar-refractivity contribution in [2.45, 2.75) is 73.9 Å². The molecule has 0 spiro atoms. The number of para-hydroxylation sites is 1. The predicted molar refractivity (Wildman–Crippen MR) is 145 cm³/mol. The van der Waals surface area contributed by atoms with Gasteiger partial charge in [0.05, 0.1) is 11.4 Å². The van der Waals surface area contributed by atoms with Crippen LogP contribution in [0.2, 0.25) is 0 Å². The van der Waals surface area contributed by atoms with Crippen LogP contribution in [-0.2, 0) is 27.6 Å². The van der Waals surface area contributed by atoms with E-state index in [1.807, 2.05) is 13.8 Å². The molecule has 3 rings (SSSR count). The number of benzene rings is 2. The Morgan fingerprint density at radius 2 is 1.47 bits per heavy atom. The topological polar surface area (TPSA) is 90.5 Å². The molecule has 0 bridgehead atoms. The molecular weight excluding hydrogens is 594 g/mol. The van der Waals surface area contributed by atoms with Crippen molar-refractivity contribution < 1.29 is 31.6 Å². The van der Waals surface area contributed by atoms with Crippen molar-refractivity contribution in [3.63, 3.8) is 0 Å². The Balaban J connectivity index is 0. The fourth-order valence-corrected chi connectivity index (χ4v) is 4.01. The summed E-state index contributed by atoms with van der Waals surface area (Å²) in [5.74, 6) is 0.532. The van der Waals surface area contributed by atoms with Crippen LogP contribution in [0.5, 0.6) is 0 Å². The summed E-state index contributed by atoms with van der Waals surface area (Å²) in [5.41, 5.74) is 13.2. The zero-order valence-electron chi connectivity index (χ0n) is 22.5. The van der Waals surface area contributed by atoms with Crippen molar-refractivity contribution in [3.05, 3.63) is 72.6 Å². The number of rotatable bonds is 5. The fourth-order valence-electron chi connectivity index (χ4n) is 4.01. The largest absolute Gasteiger partial charge is 0.396 e. The number of hydrogen-bond donors (Lipinski definition) is 5. The second kappa shape index (κ2) is 15.2. The molecule has 0 saturated carbocycles. The number of nitrogens with one attached hydrogen (secondary N) is 2. The molecule has 6 N–H and O–H groups in total. The van der Waals surface area contributed by atoms with E-state index in [0.717, 1.165) is 35.6 Å². The third-order valence-electron chi connectivity index (χ3n) is 7.22. The zero-order chi connectivity index (χ0) is 24.5. The Hall–Kier alpha value is -1.81. The van der Waals surface area contributed by atoms with E-state index in [1.165, 1.54) is 11.1 Å². The minimum Gasteiger partial charge on any atom is -0.396 e. The SMILES string of the molecule is CC.CCC(C)(N/C1=C(\N)c2ccccc2NCc2ccccc21)C(C)(C)C(C)C.OO.[CH3-].[W]. The molecule has 0 saturated heterocycles. The molecule has 0 aromatic heterocycles. The quantitative estimate of drug-likeness (QED) is 0.134. The number of fused-ring (bicyclic) bond motifs is 2. The van der Waals surface area contributed by atoms with Crippen molar-refractivity contribution in [2.24, 2.45) is 17.1 Å². The second-order valence-electron chi connectivity index (χ2n) is 9.03. The van der Waals surface area contributed by atoms with E-state index in [0.29, 0.717) is 5.92 Å². The molecule has 0 radical (unpaired) electrons. The molecule has 1 aliphatic heterocycles. The van der Waals surface area contributed by atoms with Gasteiger partial charge in [-0.1, -0.05) is 90.9 Å². The van der Waals surface area contributed by atoms with Gasteiger partial charge in [-0.25, -0.2) is 0 Å². The van der Waals surface area contributed by atoms with Crippen molar-refractivity contribution in [3.8, 4) is 0 Å². The molecule has 5 nitrogen and oxygen atoms in total. The number of hydrogen-bond acceptors (Lipinski definition) is 5. The average Bonchev–Trinajstić information content (AvgIpc) is 2.82. The summed E-state index contributed by atoms with van der Waals surface area (Å²) in [6.07, 6.45) is 1.01. The van der Waals surface area contributed by atoms with Gasteiger partial charge in [-0.15, -0.1) is 0 Å². The molecule has 2 aromatic rings. The first-order chi connectivity index (χ1) is 15.2. The maximum atomic E-state index is 6.83. The van der Waals surface area contributed by atoms with Gasteiger partial charge in [0.1, 0.15) is 0 Å². The smallest absolute Gasteiger partial charge is 0.0662 e. The molecule has 1 aliphatic rings. The first-order valence-electron chi connectivity index (χ1n) is 11.6. The summed E-state index contributed by atoms with van der Waals surface area (Å²) in [7, 11) is 0. The Labute approximate surface area is 222 Å². The summed E-state index contributed by atoms with van der Waals surface area (Å²) in [4.78, 5) is 0. The average molecular weight is 641 g/mol. The van der Waals surface area contributed by atoms with E-state index < -0.39 is 0 Å². The predicted octanol–water partition coefficient (Wildman–Crippen LogP) is 7.33. The third-order valence-corrected chi connectivity index (χ3v) is 7.22. The van der Waals surface area contributed by atoms with Gasteiger partial charge in [-0.2, -0.15) is 0 Å². The summed E-state index contributed by atoms with van der Waals surface area (Å²) in [6, 6.07) is 16.9. The van der Waals surface area contributed by atoms with Crippen molar-refractivity contribution >= 4 is 17.1 Å². The molecule has 1 heterocycles. The normalized spacial score (nSPS) is 16.0. The summed E-state index contributed by atoms with van der Waals surface area (Å²) < 4.78 is 0. The van der Waals surface area contributed by atoms with Gasteiger partial charge >= 0.3 is 0 Å². The van der Waals surface area contributed by atoms with Gasteiger partial charge in [0.25, 0.3) is 0 Å². The maximum Gasteiger partial charge on any atom is 0.0662 e. The van der Waals surface area contributed by atoms with Crippen LogP contribution in [0.3, 0.4) is 0 Å². The van der Waals surface area contributed by atoms with Gasteiger partial charge in [0.2, 0.25) is 0 Å². The molecule has 2 aromatic carbocycles. The molecule has 0 fully saturated rings. The van der Waals surface area contributed by atoms with Crippen LogP contribution in [0.1, 0.15) is 78.5 Å². The molecule has 34 heavy (non-hydrogen) atoms. The second-order valence-corrected chi connectivity index (χ2v) is 9.03. The monoisotopic (exact) mass is 640 g/mol. The van der Waals surface area contributed by atoms with Crippen LogP contribution < -0.4 is 16.4 Å². The van der Waals surface area contributed by atoms with Gasteiger partial charge < -0.3 is 23.8 Å². The molecule has 192 valence electrons. The first-order valence-corrected chi connectivity index (χ1v) is 11.6. The standard InChI is InChI=1S/C25H35N3.C2H6.CH3.H2O2.W/c1-7-25(6,24(4,5)17(2)3)28-23-19-13-9-8-12-18(19)16-27-21-15-11-10-14-20(21)22(23)26;1-2;;1-2;/h8-15,17,27-28H,7,16,26H2,1-6H3;1-2H3;1H3;1-2H;/q;;-1;;/b23-22-;;;;. The van der Waals surface area contributed by atoms with E-state index in [-0.39, 0.29) is 39.4 Å². The van der Waals surface area contributed by atoms with Crippen LogP contribution in [0.15, 0.2) is 48.5 Å². The van der Waals surface area contributed by atoms with Gasteiger partial charge in [0.15, 0.2) is 0 Å². The minimum absolute atomic E-state index is 0. The van der Waals surface area contributed by atoms with Crippen LogP contribution >= 0.6 is 0 Å². The van der Waals surface area contributed by atoms with E-state index >= 15 is 0 Å². The van der Waals surface area contributed by atoms with Crippen LogP contribution in [-0.4, -0.2) is 16.1 Å². The molecule has 1 unspecified atom stereocenters. The van der Waals surface area contributed by atoms with Gasteiger partial charge in [-0.05, 0) is 36.3 Å². The Bertz CT molecular complexity index is 897. The molecule has 0 amide bonds. The third kappa shape index (κ3) is 7.10. The molecule has 0 aliphatic carbocycles. The molecular formula is C28H46N3O2W-. The van der Waals surface area contributed by atoms with Crippen LogP contribution in [0.4, 0.5) is 5.69 Å². The molecule has 1 atom stereocenters. The van der Waals surface area contributed by atoms with Crippen LogP contribution in [0, 0.1) is 18.8 Å². The minimum atomic E-state index is -0.101. The summed E-state index contributed by atoms with van der Waals surface area (Å²) in [5, 5.41) is 19.5. The van der Waals surface area contributed by atoms with Crippen molar-refractivity contribution in [2.75, 3.05) is 5.32 Å². The van der Waals surface area contributed by atoms with Gasteiger partial charge in [-0.3, -0.25) is 10.5 Å². The summed E-state index contributed by atoms with van der Waals surface area (Å²) in [6.45, 7) is 18.7. The first kappa shape index (κ1) is 34.4. The van der Waals surface area contributed by atoms with Crippen molar-refractivity contribution in [1.82, 2.24) is 5.32 Å². The molecule has 6 heteroatoms. The van der Waals surface area contributed by atoms with Gasteiger partial charge in [0, 0.05) is 50.0 Å². The Morgan fingerprint density at radius 1 is 0.971 bits per heavy atom. The fraction of sp³-hybridized carbons (Fsp3) is 0.464. The summed E-state index contributed by atoms with van der Waals surface area (Å²) >= 11 is 0.